The number of hydrogen-bond acceptors (Lipinski definition) is 3. The molecule has 1 aliphatic carbocycles. The molecule has 0 radical (unpaired) electrons. The fourth-order valence-electron chi connectivity index (χ4n) is 2.24. The van der Waals surface area contributed by atoms with Gasteiger partial charge in [-0.25, -0.2) is 0 Å². The lowest BCUT2D eigenvalue weighted by Gasteiger charge is -2.17. The Kier molecular flexibility index (Phi) is 3.99. The highest BCUT2D eigenvalue weighted by Gasteiger charge is 2.31. The smallest absolute Gasteiger partial charge is 0.242 e. The molecular weight excluding hydrogens is 218 g/mol. The maximum absolute atomic E-state index is 11.7. The molecule has 1 saturated carbocycles. The van der Waals surface area contributed by atoms with E-state index in [1.54, 1.807) is 0 Å². The Labute approximate surface area is 102 Å². The van der Waals surface area contributed by atoms with Crippen LogP contribution >= 0.6 is 0 Å². The molecule has 1 saturated heterocycles. The summed E-state index contributed by atoms with van der Waals surface area (Å²) in [6.45, 7) is 0.715. The molecule has 0 aromatic rings. The molecule has 0 bridgehead atoms. The zero-order chi connectivity index (χ0) is 12.3. The van der Waals surface area contributed by atoms with Gasteiger partial charge in [0.25, 0.3) is 0 Å². The molecule has 2 rings (SSSR count). The first kappa shape index (κ1) is 12.4. The minimum atomic E-state index is -0.364. The van der Waals surface area contributed by atoms with Crippen molar-refractivity contribution in [3.05, 3.63) is 0 Å². The largest absolute Gasteiger partial charge is 0.354 e. The Bertz CT molecular complexity index is 302. The zero-order valence-electron chi connectivity index (χ0n) is 10.1. The van der Waals surface area contributed by atoms with E-state index in [9.17, 15) is 9.59 Å². The topological polar surface area (TPSA) is 84.2 Å². The fourth-order valence-corrected chi connectivity index (χ4v) is 2.24. The number of nitrogens with one attached hydrogen (secondary N) is 2. The van der Waals surface area contributed by atoms with Gasteiger partial charge < -0.3 is 16.4 Å². The van der Waals surface area contributed by atoms with Gasteiger partial charge in [0, 0.05) is 19.0 Å². The predicted molar refractivity (Wildman–Crippen MR) is 64.1 cm³/mol. The van der Waals surface area contributed by atoms with E-state index in [2.05, 4.69) is 10.6 Å². The van der Waals surface area contributed by atoms with E-state index in [4.69, 9.17) is 5.73 Å². The van der Waals surface area contributed by atoms with Crippen LogP contribution in [0.3, 0.4) is 0 Å². The first-order chi connectivity index (χ1) is 8.16. The van der Waals surface area contributed by atoms with Crippen LogP contribution in [0.25, 0.3) is 0 Å². The predicted octanol–water partition coefficient (Wildman–Crippen LogP) is -0.101. The van der Waals surface area contributed by atoms with Crippen molar-refractivity contribution in [2.45, 2.75) is 50.6 Å². The summed E-state index contributed by atoms with van der Waals surface area (Å²) in [7, 11) is 0. The van der Waals surface area contributed by atoms with Gasteiger partial charge in [-0.05, 0) is 38.0 Å². The Balaban J connectivity index is 1.77. The number of rotatable bonds is 4. The third-order valence-electron chi connectivity index (χ3n) is 3.52. The third-order valence-corrected chi connectivity index (χ3v) is 3.52. The summed E-state index contributed by atoms with van der Waals surface area (Å²) in [5, 5.41) is 5.59. The lowest BCUT2D eigenvalue weighted by Crippen LogP contribution is -2.46. The van der Waals surface area contributed by atoms with E-state index < -0.39 is 0 Å². The molecule has 5 heteroatoms. The number of carbonyl (C=O) groups is 2. The molecular formula is C12H21N3O2. The van der Waals surface area contributed by atoms with Crippen LogP contribution in [-0.2, 0) is 9.59 Å². The number of hydrogen-bond donors (Lipinski definition) is 3. The summed E-state index contributed by atoms with van der Waals surface area (Å²) < 4.78 is 0. The molecule has 2 fully saturated rings. The van der Waals surface area contributed by atoms with Crippen LogP contribution in [0.5, 0.6) is 0 Å². The number of carbonyl (C=O) groups excluding carboxylic acids is 2. The number of amides is 2. The molecule has 0 aromatic carbocycles. The standard InChI is InChI=1S/C12H21N3O2/c13-9(8-4-5-8)7-11(16)15-10-3-1-2-6-14-12(10)17/h8-10H,1-7,13H2,(H,14,17)(H,15,16). The molecule has 0 aromatic heterocycles. The monoisotopic (exact) mass is 239 g/mol. The molecule has 2 aliphatic rings. The average molecular weight is 239 g/mol. The first-order valence-electron chi connectivity index (χ1n) is 6.49. The Hall–Kier alpha value is -1.10. The molecule has 0 spiro atoms. The molecule has 17 heavy (non-hydrogen) atoms. The van der Waals surface area contributed by atoms with Crippen molar-refractivity contribution in [2.75, 3.05) is 6.54 Å². The highest BCUT2D eigenvalue weighted by Crippen LogP contribution is 2.32. The van der Waals surface area contributed by atoms with E-state index >= 15 is 0 Å². The quantitative estimate of drug-likeness (QED) is 0.640. The van der Waals surface area contributed by atoms with Crippen molar-refractivity contribution in [2.24, 2.45) is 11.7 Å². The Morgan fingerprint density at radius 3 is 2.88 bits per heavy atom. The van der Waals surface area contributed by atoms with Crippen LogP contribution < -0.4 is 16.4 Å². The van der Waals surface area contributed by atoms with Gasteiger partial charge in [0.15, 0.2) is 0 Å². The first-order valence-corrected chi connectivity index (χ1v) is 6.49. The minimum Gasteiger partial charge on any atom is -0.354 e. The maximum Gasteiger partial charge on any atom is 0.242 e. The SMILES string of the molecule is NC(CC(=O)NC1CCCCNC1=O)C1CC1. The third kappa shape index (κ3) is 3.70. The maximum atomic E-state index is 11.7. The van der Waals surface area contributed by atoms with Crippen molar-refractivity contribution < 1.29 is 9.59 Å². The number of nitrogens with two attached hydrogens (primary N) is 1. The summed E-state index contributed by atoms with van der Waals surface area (Å²) in [4.78, 5) is 23.4. The van der Waals surface area contributed by atoms with E-state index in [-0.39, 0.29) is 23.9 Å². The molecule has 96 valence electrons. The summed E-state index contributed by atoms with van der Waals surface area (Å²) in [6.07, 6.45) is 5.31. The Morgan fingerprint density at radius 1 is 1.41 bits per heavy atom. The highest BCUT2D eigenvalue weighted by atomic mass is 16.2. The van der Waals surface area contributed by atoms with Gasteiger partial charge in [0.2, 0.25) is 11.8 Å². The van der Waals surface area contributed by atoms with Crippen LogP contribution in [0.4, 0.5) is 0 Å². The van der Waals surface area contributed by atoms with Gasteiger partial charge in [-0.2, -0.15) is 0 Å². The second-order valence-corrected chi connectivity index (χ2v) is 5.11. The minimum absolute atomic E-state index is 0.0381. The van der Waals surface area contributed by atoms with Gasteiger partial charge in [0.05, 0.1) is 0 Å². The van der Waals surface area contributed by atoms with Crippen molar-refractivity contribution >= 4 is 11.8 Å². The van der Waals surface area contributed by atoms with Crippen LogP contribution in [0, 0.1) is 5.92 Å². The summed E-state index contributed by atoms with van der Waals surface area (Å²) in [5.74, 6) is 0.367. The molecule has 4 N–H and O–H groups in total. The van der Waals surface area contributed by atoms with Crippen LogP contribution in [0.1, 0.15) is 38.5 Å². The molecule has 1 heterocycles. The van der Waals surface area contributed by atoms with Crippen molar-refractivity contribution in [1.82, 2.24) is 10.6 Å². The molecule has 2 unspecified atom stereocenters. The van der Waals surface area contributed by atoms with E-state index in [1.165, 1.54) is 0 Å². The van der Waals surface area contributed by atoms with E-state index in [0.717, 1.165) is 32.1 Å². The summed E-state index contributed by atoms with van der Waals surface area (Å²) in [5.41, 5.74) is 5.89. The fraction of sp³-hybridized carbons (Fsp3) is 0.833. The van der Waals surface area contributed by atoms with Crippen molar-refractivity contribution in [3.8, 4) is 0 Å². The van der Waals surface area contributed by atoms with E-state index in [0.29, 0.717) is 18.9 Å². The molecule has 5 nitrogen and oxygen atoms in total. The van der Waals surface area contributed by atoms with Crippen LogP contribution in [0.2, 0.25) is 0 Å². The van der Waals surface area contributed by atoms with Gasteiger partial charge in [0.1, 0.15) is 6.04 Å². The van der Waals surface area contributed by atoms with Crippen molar-refractivity contribution in [3.63, 3.8) is 0 Å². The lowest BCUT2D eigenvalue weighted by atomic mass is 10.1. The second kappa shape index (κ2) is 5.49. The van der Waals surface area contributed by atoms with Gasteiger partial charge >= 0.3 is 0 Å². The zero-order valence-corrected chi connectivity index (χ0v) is 10.1. The molecule has 2 atom stereocenters. The van der Waals surface area contributed by atoms with Gasteiger partial charge in [-0.1, -0.05) is 0 Å². The van der Waals surface area contributed by atoms with Crippen molar-refractivity contribution in [1.29, 1.82) is 0 Å². The van der Waals surface area contributed by atoms with Crippen LogP contribution in [-0.4, -0.2) is 30.4 Å². The highest BCUT2D eigenvalue weighted by molar-refractivity contribution is 5.87. The molecule has 1 aliphatic heterocycles. The molecule has 2 amide bonds. The van der Waals surface area contributed by atoms with Crippen LogP contribution in [0.15, 0.2) is 0 Å². The van der Waals surface area contributed by atoms with Gasteiger partial charge in [-0.15, -0.1) is 0 Å². The summed E-state index contributed by atoms with van der Waals surface area (Å²) >= 11 is 0. The average Bonchev–Trinajstić information content (AvgIpc) is 3.08. The van der Waals surface area contributed by atoms with Gasteiger partial charge in [-0.3, -0.25) is 9.59 Å². The van der Waals surface area contributed by atoms with E-state index in [1.807, 2.05) is 0 Å². The normalized spacial score (nSPS) is 26.9. The lowest BCUT2D eigenvalue weighted by molar-refractivity contribution is -0.129. The second-order valence-electron chi connectivity index (χ2n) is 5.11. The Morgan fingerprint density at radius 2 is 2.18 bits per heavy atom. The summed E-state index contributed by atoms with van der Waals surface area (Å²) in [6, 6.07) is -0.403.